The maximum atomic E-state index is 11.3. The van der Waals surface area contributed by atoms with Gasteiger partial charge < -0.3 is 5.73 Å². The minimum atomic E-state index is -0.133. The molecule has 0 aliphatic heterocycles. The van der Waals surface area contributed by atoms with E-state index in [-0.39, 0.29) is 11.3 Å². The van der Waals surface area contributed by atoms with E-state index in [4.69, 9.17) is 5.73 Å². The van der Waals surface area contributed by atoms with E-state index >= 15 is 0 Å². The van der Waals surface area contributed by atoms with Crippen molar-refractivity contribution in [3.63, 3.8) is 0 Å². The van der Waals surface area contributed by atoms with Gasteiger partial charge in [0.05, 0.1) is 0 Å². The molecule has 1 amide bonds. The summed E-state index contributed by atoms with van der Waals surface area (Å²) in [7, 11) is 0. The van der Waals surface area contributed by atoms with Crippen LogP contribution in [0.1, 0.15) is 97.8 Å². The highest BCUT2D eigenvalue weighted by Crippen LogP contribution is 2.34. The summed E-state index contributed by atoms with van der Waals surface area (Å²) >= 11 is 0. The molecule has 0 fully saturated rings. The van der Waals surface area contributed by atoms with Crippen LogP contribution in [0.5, 0.6) is 0 Å². The second-order valence-electron chi connectivity index (χ2n) is 6.43. The van der Waals surface area contributed by atoms with E-state index in [9.17, 15) is 4.79 Å². The van der Waals surface area contributed by atoms with Crippen molar-refractivity contribution in [3.05, 3.63) is 0 Å². The summed E-state index contributed by atoms with van der Waals surface area (Å²) in [6.07, 6.45) is 14.5. The Hall–Kier alpha value is -0.530. The summed E-state index contributed by atoms with van der Waals surface area (Å²) in [5.41, 5.74) is 5.57. The average Bonchev–Trinajstić information content (AvgIpc) is 2.34. The molecule has 0 aromatic carbocycles. The highest BCUT2D eigenvalue weighted by Gasteiger charge is 2.25. The van der Waals surface area contributed by atoms with Crippen LogP contribution < -0.4 is 5.73 Å². The molecule has 0 rings (SSSR count). The molecule has 0 aliphatic rings. The van der Waals surface area contributed by atoms with Crippen LogP contribution in [0.3, 0.4) is 0 Å². The minimum Gasteiger partial charge on any atom is -0.370 e. The molecule has 0 saturated heterocycles. The zero-order valence-electron chi connectivity index (χ0n) is 13.5. The van der Waals surface area contributed by atoms with Gasteiger partial charge in [-0.3, -0.25) is 4.79 Å². The van der Waals surface area contributed by atoms with Gasteiger partial charge in [0.25, 0.3) is 0 Å². The Balaban J connectivity index is 3.99. The van der Waals surface area contributed by atoms with Crippen molar-refractivity contribution in [2.75, 3.05) is 0 Å². The van der Waals surface area contributed by atoms with Gasteiger partial charge in [0.1, 0.15) is 0 Å². The molecule has 114 valence electrons. The molecule has 1 unspecified atom stereocenters. The van der Waals surface area contributed by atoms with Crippen molar-refractivity contribution in [1.29, 1.82) is 0 Å². The third-order valence-corrected chi connectivity index (χ3v) is 4.12. The second-order valence-corrected chi connectivity index (χ2v) is 6.43. The predicted molar refractivity (Wildman–Crippen MR) is 84.1 cm³/mol. The first-order valence-corrected chi connectivity index (χ1v) is 8.32. The Bertz CT molecular complexity index is 227. The Morgan fingerprint density at radius 1 is 0.842 bits per heavy atom. The van der Waals surface area contributed by atoms with Crippen LogP contribution in [-0.2, 0) is 4.79 Å². The third kappa shape index (κ3) is 11.0. The number of hydrogen-bond donors (Lipinski definition) is 1. The van der Waals surface area contributed by atoms with Crippen LogP contribution in [0.15, 0.2) is 0 Å². The molecular formula is C17H35NO. The largest absolute Gasteiger partial charge is 0.370 e. The molecule has 0 saturated carbocycles. The molecule has 1 atom stereocenters. The maximum Gasteiger partial charge on any atom is 0.217 e. The van der Waals surface area contributed by atoms with Gasteiger partial charge in [0, 0.05) is 6.42 Å². The smallest absolute Gasteiger partial charge is 0.217 e. The minimum absolute atomic E-state index is 0.133. The molecule has 2 N–H and O–H groups in total. The SMILES string of the molecule is CCCCCCCC(C)(CCCCCC)CC(N)=O. The zero-order chi connectivity index (χ0) is 14.6. The lowest BCUT2D eigenvalue weighted by Gasteiger charge is -2.28. The number of rotatable bonds is 13. The van der Waals surface area contributed by atoms with Crippen molar-refractivity contribution in [3.8, 4) is 0 Å². The third-order valence-electron chi connectivity index (χ3n) is 4.12. The number of unbranched alkanes of at least 4 members (excludes halogenated alkanes) is 7. The molecule has 0 spiro atoms. The molecule has 0 aromatic heterocycles. The zero-order valence-corrected chi connectivity index (χ0v) is 13.5. The summed E-state index contributed by atoms with van der Waals surface area (Å²) in [5.74, 6) is -0.133. The van der Waals surface area contributed by atoms with Crippen molar-refractivity contribution >= 4 is 5.91 Å². The molecule has 0 aromatic rings. The van der Waals surface area contributed by atoms with Gasteiger partial charge in [-0.25, -0.2) is 0 Å². The first-order valence-electron chi connectivity index (χ1n) is 8.32. The predicted octanol–water partition coefficient (Wildman–Crippen LogP) is 5.20. The number of carbonyl (C=O) groups is 1. The molecule has 19 heavy (non-hydrogen) atoms. The molecule has 0 heterocycles. The van der Waals surface area contributed by atoms with Gasteiger partial charge >= 0.3 is 0 Å². The fraction of sp³-hybridized carbons (Fsp3) is 0.941. The van der Waals surface area contributed by atoms with Crippen molar-refractivity contribution < 1.29 is 4.79 Å². The van der Waals surface area contributed by atoms with E-state index in [1.54, 1.807) is 0 Å². The van der Waals surface area contributed by atoms with E-state index in [2.05, 4.69) is 20.8 Å². The topological polar surface area (TPSA) is 43.1 Å². The molecule has 0 radical (unpaired) electrons. The van der Waals surface area contributed by atoms with E-state index in [0.29, 0.717) is 6.42 Å². The van der Waals surface area contributed by atoms with Crippen LogP contribution >= 0.6 is 0 Å². The molecule has 2 nitrogen and oxygen atoms in total. The molecule has 2 heteroatoms. The fourth-order valence-corrected chi connectivity index (χ4v) is 2.86. The average molecular weight is 269 g/mol. The monoisotopic (exact) mass is 269 g/mol. The van der Waals surface area contributed by atoms with Crippen LogP contribution in [0.2, 0.25) is 0 Å². The quantitative estimate of drug-likeness (QED) is 0.459. The highest BCUT2D eigenvalue weighted by atomic mass is 16.1. The van der Waals surface area contributed by atoms with Gasteiger partial charge in [-0.05, 0) is 18.3 Å². The van der Waals surface area contributed by atoms with Crippen LogP contribution in [0.25, 0.3) is 0 Å². The number of hydrogen-bond acceptors (Lipinski definition) is 1. The lowest BCUT2D eigenvalue weighted by Crippen LogP contribution is -2.25. The van der Waals surface area contributed by atoms with Gasteiger partial charge in [0.2, 0.25) is 5.91 Å². The number of nitrogens with two attached hydrogens (primary N) is 1. The standard InChI is InChI=1S/C17H35NO/c1-4-6-8-10-12-14-17(3,15-16(18)19)13-11-9-7-5-2/h4-15H2,1-3H3,(H2,18,19). The lowest BCUT2D eigenvalue weighted by molar-refractivity contribution is -0.120. The summed E-state index contributed by atoms with van der Waals surface area (Å²) in [6.45, 7) is 6.73. The van der Waals surface area contributed by atoms with Crippen LogP contribution in [-0.4, -0.2) is 5.91 Å². The summed E-state index contributed by atoms with van der Waals surface area (Å²) in [6, 6.07) is 0. The van der Waals surface area contributed by atoms with Gasteiger partial charge in [-0.15, -0.1) is 0 Å². The van der Waals surface area contributed by atoms with E-state index in [1.807, 2.05) is 0 Å². The van der Waals surface area contributed by atoms with E-state index < -0.39 is 0 Å². The van der Waals surface area contributed by atoms with Crippen LogP contribution in [0.4, 0.5) is 0 Å². The first kappa shape index (κ1) is 18.5. The molecular weight excluding hydrogens is 234 g/mol. The molecule has 0 bridgehead atoms. The maximum absolute atomic E-state index is 11.3. The van der Waals surface area contributed by atoms with Crippen molar-refractivity contribution in [1.82, 2.24) is 0 Å². The lowest BCUT2D eigenvalue weighted by atomic mass is 9.77. The Kier molecular flexibility index (Phi) is 11.0. The normalized spacial score (nSPS) is 14.3. The van der Waals surface area contributed by atoms with Crippen molar-refractivity contribution in [2.24, 2.45) is 11.1 Å². The summed E-state index contributed by atoms with van der Waals surface area (Å²) < 4.78 is 0. The van der Waals surface area contributed by atoms with Crippen molar-refractivity contribution in [2.45, 2.75) is 97.8 Å². The van der Waals surface area contributed by atoms with Gasteiger partial charge in [0.15, 0.2) is 0 Å². The fourth-order valence-electron chi connectivity index (χ4n) is 2.86. The first-order chi connectivity index (χ1) is 9.04. The van der Waals surface area contributed by atoms with Gasteiger partial charge in [-0.1, -0.05) is 78.6 Å². The second kappa shape index (κ2) is 11.3. The van der Waals surface area contributed by atoms with Crippen LogP contribution in [0, 0.1) is 5.41 Å². The number of carbonyl (C=O) groups excluding carboxylic acids is 1. The Morgan fingerprint density at radius 3 is 1.68 bits per heavy atom. The number of primary amides is 1. The summed E-state index contributed by atoms with van der Waals surface area (Å²) in [5, 5.41) is 0. The Morgan fingerprint density at radius 2 is 1.26 bits per heavy atom. The van der Waals surface area contributed by atoms with Gasteiger partial charge in [-0.2, -0.15) is 0 Å². The molecule has 0 aliphatic carbocycles. The van der Waals surface area contributed by atoms with E-state index in [1.165, 1.54) is 57.8 Å². The summed E-state index contributed by atoms with van der Waals surface area (Å²) in [4.78, 5) is 11.3. The highest BCUT2D eigenvalue weighted by molar-refractivity contribution is 5.74. The Labute approximate surface area is 120 Å². The number of amides is 1. The van der Waals surface area contributed by atoms with E-state index in [0.717, 1.165) is 12.8 Å².